The Kier molecular flexibility index (Phi) is 6.66. The fourth-order valence-electron chi connectivity index (χ4n) is 5.32. The van der Waals surface area contributed by atoms with Crippen molar-refractivity contribution in [2.45, 2.75) is 32.5 Å². The summed E-state index contributed by atoms with van der Waals surface area (Å²) in [6.45, 7) is 2.88. The van der Waals surface area contributed by atoms with Crippen molar-refractivity contribution in [3.8, 4) is 11.4 Å². The number of carbonyl (C=O) groups excluding carboxylic acids is 2. The summed E-state index contributed by atoms with van der Waals surface area (Å²) < 4.78 is 15.2. The molecular formula is C30H27ClFN5O2. The summed E-state index contributed by atoms with van der Waals surface area (Å²) in [7, 11) is 1.88. The van der Waals surface area contributed by atoms with Gasteiger partial charge < -0.3 is 4.57 Å². The highest BCUT2D eigenvalue weighted by atomic mass is 35.5. The molecule has 1 saturated heterocycles. The molecule has 198 valence electrons. The third-order valence-corrected chi connectivity index (χ3v) is 7.74. The van der Waals surface area contributed by atoms with Gasteiger partial charge in [-0.25, -0.2) is 14.2 Å². The average molecular weight is 544 g/mol. The molecule has 0 unspecified atom stereocenters. The molecule has 4 aromatic rings. The number of urea groups is 1. The Morgan fingerprint density at radius 2 is 1.74 bits per heavy atom. The van der Waals surface area contributed by atoms with Crippen LogP contribution in [0.4, 0.5) is 15.0 Å². The number of anilines is 1. The molecule has 2 aliphatic rings. The monoisotopic (exact) mass is 543 g/mol. The first-order chi connectivity index (χ1) is 18.8. The highest BCUT2D eigenvalue weighted by molar-refractivity contribution is 6.31. The largest absolute Gasteiger partial charge is 0.329 e. The van der Waals surface area contributed by atoms with Crippen LogP contribution in [0.5, 0.6) is 0 Å². The molecule has 1 N–H and O–H groups in total. The summed E-state index contributed by atoms with van der Waals surface area (Å²) in [6.07, 6.45) is 2.61. The van der Waals surface area contributed by atoms with Crippen molar-refractivity contribution < 1.29 is 14.0 Å². The van der Waals surface area contributed by atoms with E-state index in [1.54, 1.807) is 17.2 Å². The van der Waals surface area contributed by atoms with Gasteiger partial charge in [0.1, 0.15) is 17.5 Å². The maximum absolute atomic E-state index is 13.3. The van der Waals surface area contributed by atoms with Crippen molar-refractivity contribution in [1.82, 2.24) is 19.8 Å². The lowest BCUT2D eigenvalue weighted by atomic mass is 10.0. The minimum atomic E-state index is -0.419. The number of carbonyl (C=O) groups is 2. The second-order valence-electron chi connectivity index (χ2n) is 10.1. The molecule has 0 atom stereocenters. The number of aromatic nitrogens is 2. The van der Waals surface area contributed by atoms with Crippen molar-refractivity contribution in [3.05, 3.63) is 106 Å². The third kappa shape index (κ3) is 5.17. The summed E-state index contributed by atoms with van der Waals surface area (Å²) in [4.78, 5) is 32.4. The molecule has 3 aromatic carbocycles. The molecule has 7 nitrogen and oxygen atoms in total. The van der Waals surface area contributed by atoms with Crippen LogP contribution in [-0.2, 0) is 37.9 Å². The molecule has 1 aromatic heterocycles. The summed E-state index contributed by atoms with van der Waals surface area (Å²) in [5, 5.41) is 2.81. The second-order valence-corrected chi connectivity index (χ2v) is 10.5. The Morgan fingerprint density at radius 1 is 0.974 bits per heavy atom. The molecular weight excluding hydrogens is 517 g/mol. The maximum atomic E-state index is 13.3. The van der Waals surface area contributed by atoms with Crippen LogP contribution >= 0.6 is 11.6 Å². The highest BCUT2D eigenvalue weighted by Gasteiger charge is 2.27. The van der Waals surface area contributed by atoms with Gasteiger partial charge in [0.05, 0.1) is 6.20 Å². The molecule has 0 bridgehead atoms. The number of fused-ring (bicyclic) bond motifs is 1. The first-order valence-corrected chi connectivity index (χ1v) is 13.2. The van der Waals surface area contributed by atoms with Gasteiger partial charge in [-0.05, 0) is 52.4 Å². The van der Waals surface area contributed by atoms with Gasteiger partial charge in [-0.2, -0.15) is 0 Å². The minimum Gasteiger partial charge on any atom is -0.314 e. The Bertz CT molecular complexity index is 1580. The quantitative estimate of drug-likeness (QED) is 0.352. The lowest BCUT2D eigenvalue weighted by Crippen LogP contribution is -2.50. The van der Waals surface area contributed by atoms with Gasteiger partial charge >= 0.3 is 6.03 Å². The predicted octanol–water partition coefficient (Wildman–Crippen LogP) is 5.43. The molecule has 3 amide bonds. The van der Waals surface area contributed by atoms with Gasteiger partial charge in [0.2, 0.25) is 5.91 Å². The lowest BCUT2D eigenvalue weighted by Gasteiger charge is -2.26. The van der Waals surface area contributed by atoms with Crippen LogP contribution in [0.2, 0.25) is 5.02 Å². The van der Waals surface area contributed by atoms with Crippen LogP contribution in [0.15, 0.2) is 66.9 Å². The van der Waals surface area contributed by atoms with Crippen LogP contribution in [-0.4, -0.2) is 32.9 Å². The summed E-state index contributed by atoms with van der Waals surface area (Å²) in [5.74, 6) is 0.843. The van der Waals surface area contributed by atoms with E-state index in [0.29, 0.717) is 23.8 Å². The number of hydrogen-bond donors (Lipinski definition) is 1. The molecule has 0 radical (unpaired) electrons. The molecule has 0 spiro atoms. The Morgan fingerprint density at radius 3 is 2.51 bits per heavy atom. The number of nitrogens with one attached hydrogen (secondary N) is 1. The van der Waals surface area contributed by atoms with E-state index in [4.69, 9.17) is 11.6 Å². The van der Waals surface area contributed by atoms with E-state index in [9.17, 15) is 14.0 Å². The molecule has 9 heteroatoms. The van der Waals surface area contributed by atoms with E-state index in [2.05, 4.69) is 57.7 Å². The number of imide groups is 1. The second kappa shape index (κ2) is 10.3. The molecule has 2 aliphatic heterocycles. The molecule has 0 aliphatic carbocycles. The number of imidazole rings is 1. The van der Waals surface area contributed by atoms with Crippen LogP contribution in [0.3, 0.4) is 0 Å². The first-order valence-electron chi connectivity index (χ1n) is 12.8. The van der Waals surface area contributed by atoms with Crippen LogP contribution in [0.1, 0.15) is 34.2 Å². The lowest BCUT2D eigenvalue weighted by molar-refractivity contribution is -0.120. The van der Waals surface area contributed by atoms with Gasteiger partial charge in [0, 0.05) is 50.2 Å². The number of amides is 3. The summed E-state index contributed by atoms with van der Waals surface area (Å²) in [5.41, 5.74) is 6.81. The van der Waals surface area contributed by atoms with E-state index in [1.165, 1.54) is 28.8 Å². The Labute approximate surface area is 230 Å². The molecule has 1 fully saturated rings. The average Bonchev–Trinajstić information content (AvgIpc) is 3.49. The van der Waals surface area contributed by atoms with E-state index < -0.39 is 6.03 Å². The highest BCUT2D eigenvalue weighted by Crippen LogP contribution is 2.31. The van der Waals surface area contributed by atoms with Gasteiger partial charge in [0.25, 0.3) is 0 Å². The fourth-order valence-corrected chi connectivity index (χ4v) is 5.56. The number of nitrogens with zero attached hydrogens (tertiary/aromatic N) is 4. The van der Waals surface area contributed by atoms with Crippen LogP contribution in [0, 0.1) is 5.82 Å². The summed E-state index contributed by atoms with van der Waals surface area (Å²) in [6, 6.07) is 19.0. The van der Waals surface area contributed by atoms with Crippen LogP contribution in [0.25, 0.3) is 11.4 Å². The van der Waals surface area contributed by atoms with E-state index in [-0.39, 0.29) is 18.1 Å². The van der Waals surface area contributed by atoms with Gasteiger partial charge in [-0.1, -0.05) is 54.1 Å². The minimum absolute atomic E-state index is 0.257. The number of rotatable bonds is 6. The standard InChI is InChI=1S/C30H27ClFN5O2/c1-35-28(37-11-10-27(38)34-30(37)39)15-33-29(35)22-6-7-23-17-36(18-24(23)13-22)16-20-4-2-19(3-5-20)12-21-8-9-25(32)14-26(21)31/h2-9,13-15H,10-12,16-18H2,1H3,(H,34,38,39). The molecule has 6 rings (SSSR count). The first kappa shape index (κ1) is 25.3. The number of benzene rings is 3. The van der Waals surface area contributed by atoms with Crippen molar-refractivity contribution in [2.24, 2.45) is 7.05 Å². The van der Waals surface area contributed by atoms with Crippen molar-refractivity contribution in [3.63, 3.8) is 0 Å². The maximum Gasteiger partial charge on any atom is 0.329 e. The fraction of sp³-hybridized carbons (Fsp3) is 0.233. The van der Waals surface area contributed by atoms with Crippen LogP contribution < -0.4 is 10.2 Å². The Balaban J connectivity index is 1.12. The topological polar surface area (TPSA) is 70.5 Å². The normalized spacial score (nSPS) is 15.5. The van der Waals surface area contributed by atoms with Crippen molar-refractivity contribution >= 4 is 29.4 Å². The zero-order valence-corrected chi connectivity index (χ0v) is 22.2. The Hall–Kier alpha value is -4.01. The zero-order valence-electron chi connectivity index (χ0n) is 21.5. The van der Waals surface area contributed by atoms with E-state index >= 15 is 0 Å². The SMILES string of the molecule is Cn1c(N2CCC(=O)NC2=O)cnc1-c1ccc2c(c1)CN(Cc1ccc(Cc3ccc(F)cc3Cl)cc1)C2. The van der Waals surface area contributed by atoms with Crippen molar-refractivity contribution in [2.75, 3.05) is 11.4 Å². The number of halogens is 2. The van der Waals surface area contributed by atoms with E-state index in [0.717, 1.165) is 42.1 Å². The van der Waals surface area contributed by atoms with Gasteiger partial charge in [-0.15, -0.1) is 0 Å². The third-order valence-electron chi connectivity index (χ3n) is 7.39. The number of hydrogen-bond acceptors (Lipinski definition) is 4. The van der Waals surface area contributed by atoms with Gasteiger partial charge in [0.15, 0.2) is 0 Å². The molecule has 39 heavy (non-hydrogen) atoms. The smallest absolute Gasteiger partial charge is 0.314 e. The molecule has 3 heterocycles. The summed E-state index contributed by atoms with van der Waals surface area (Å²) >= 11 is 6.19. The van der Waals surface area contributed by atoms with Gasteiger partial charge in [-0.3, -0.25) is 19.9 Å². The predicted molar refractivity (Wildman–Crippen MR) is 148 cm³/mol. The van der Waals surface area contributed by atoms with E-state index in [1.807, 2.05) is 11.6 Å². The zero-order chi connectivity index (χ0) is 27.1. The molecule has 0 saturated carbocycles. The van der Waals surface area contributed by atoms with Crippen molar-refractivity contribution in [1.29, 1.82) is 0 Å².